The van der Waals surface area contributed by atoms with Crippen molar-refractivity contribution in [3.05, 3.63) is 16.9 Å². The van der Waals surface area contributed by atoms with Crippen molar-refractivity contribution in [2.75, 3.05) is 13.1 Å². The summed E-state index contributed by atoms with van der Waals surface area (Å²) in [5, 5.41) is 4.24. The Kier molecular flexibility index (Phi) is 5.02. The van der Waals surface area contributed by atoms with Gasteiger partial charge in [0.15, 0.2) is 0 Å². The van der Waals surface area contributed by atoms with Crippen LogP contribution in [-0.4, -0.2) is 33.7 Å². The van der Waals surface area contributed by atoms with Crippen LogP contribution in [-0.2, 0) is 4.79 Å². The van der Waals surface area contributed by atoms with E-state index in [1.165, 1.54) is 19.3 Å². The summed E-state index contributed by atoms with van der Waals surface area (Å²) in [6.45, 7) is 5.81. The maximum absolute atomic E-state index is 12.3. The molecule has 2 rings (SSSR count). The van der Waals surface area contributed by atoms with E-state index in [4.69, 9.17) is 0 Å². The predicted octanol–water partition coefficient (Wildman–Crippen LogP) is 3.25. The minimum atomic E-state index is 0.105. The molecule has 1 fully saturated rings. The average Bonchev–Trinajstić information content (AvgIpc) is 3.10. The van der Waals surface area contributed by atoms with E-state index in [0.29, 0.717) is 6.42 Å². The molecule has 0 aromatic carbocycles. The first-order chi connectivity index (χ1) is 9.10. The second kappa shape index (κ2) is 6.55. The maximum atomic E-state index is 12.3. The quantitative estimate of drug-likeness (QED) is 0.771. The molecule has 0 radical (unpaired) electrons. The van der Waals surface area contributed by atoms with Crippen LogP contribution in [0.15, 0.2) is 16.9 Å². The molecule has 0 aliphatic heterocycles. The first-order valence-electron chi connectivity index (χ1n) is 7.07. The van der Waals surface area contributed by atoms with Crippen LogP contribution in [0.25, 0.3) is 0 Å². The highest BCUT2D eigenvalue weighted by Crippen LogP contribution is 2.32. The summed E-state index contributed by atoms with van der Waals surface area (Å²) in [6, 6.07) is 0.105. The first-order valence-corrected chi connectivity index (χ1v) is 7.87. The minimum absolute atomic E-state index is 0.105. The number of carbonyl (C=O) groups is 1. The van der Waals surface area contributed by atoms with E-state index >= 15 is 0 Å². The maximum Gasteiger partial charge on any atom is 0.224 e. The topological polar surface area (TPSA) is 38.1 Å². The van der Waals surface area contributed by atoms with Gasteiger partial charge in [-0.2, -0.15) is 5.10 Å². The molecule has 1 aromatic rings. The van der Waals surface area contributed by atoms with E-state index in [1.54, 1.807) is 6.20 Å². The normalized spacial score (nSPS) is 16.4. The smallest absolute Gasteiger partial charge is 0.224 e. The van der Waals surface area contributed by atoms with Crippen molar-refractivity contribution in [2.45, 2.75) is 45.6 Å². The minimum Gasteiger partial charge on any atom is -0.343 e. The Balaban J connectivity index is 1.83. The Hall–Kier alpha value is -0.840. The van der Waals surface area contributed by atoms with Gasteiger partial charge < -0.3 is 4.90 Å². The van der Waals surface area contributed by atoms with Gasteiger partial charge in [-0.1, -0.05) is 12.8 Å². The first kappa shape index (κ1) is 14.6. The van der Waals surface area contributed by atoms with Gasteiger partial charge in [-0.05, 0) is 42.1 Å². The Morgan fingerprint density at radius 2 is 2.37 bits per heavy atom. The summed E-state index contributed by atoms with van der Waals surface area (Å²) in [4.78, 5) is 14.3. The summed E-state index contributed by atoms with van der Waals surface area (Å²) in [6.07, 6.45) is 8.06. The molecule has 4 nitrogen and oxygen atoms in total. The highest BCUT2D eigenvalue weighted by atomic mass is 79.9. The van der Waals surface area contributed by atoms with Crippen molar-refractivity contribution in [3.63, 3.8) is 0 Å². The number of rotatable bonds is 7. The summed E-state index contributed by atoms with van der Waals surface area (Å²) in [5.74, 6) is 1.11. The largest absolute Gasteiger partial charge is 0.343 e. The van der Waals surface area contributed by atoms with Crippen molar-refractivity contribution in [1.82, 2.24) is 14.7 Å². The zero-order chi connectivity index (χ0) is 13.8. The van der Waals surface area contributed by atoms with Crippen LogP contribution in [0.2, 0.25) is 0 Å². The number of halogens is 1. The van der Waals surface area contributed by atoms with Crippen LogP contribution in [0.5, 0.6) is 0 Å². The third kappa shape index (κ3) is 4.34. The van der Waals surface area contributed by atoms with Crippen LogP contribution in [0.1, 0.15) is 45.6 Å². The van der Waals surface area contributed by atoms with Crippen molar-refractivity contribution in [2.24, 2.45) is 5.92 Å². The Morgan fingerprint density at radius 3 is 2.89 bits per heavy atom. The van der Waals surface area contributed by atoms with Gasteiger partial charge in [0.25, 0.3) is 0 Å². The Labute approximate surface area is 123 Å². The number of nitrogens with zero attached hydrogens (tertiary/aromatic N) is 3. The molecule has 0 spiro atoms. The van der Waals surface area contributed by atoms with Gasteiger partial charge in [-0.3, -0.25) is 9.48 Å². The number of hydrogen-bond acceptors (Lipinski definition) is 2. The summed E-state index contributed by atoms with van der Waals surface area (Å²) in [5.41, 5.74) is 0. The Bertz CT molecular complexity index is 428. The summed E-state index contributed by atoms with van der Waals surface area (Å²) in [7, 11) is 0. The summed E-state index contributed by atoms with van der Waals surface area (Å²) < 4.78 is 2.80. The van der Waals surface area contributed by atoms with E-state index in [2.05, 4.69) is 28.0 Å². The molecule has 0 saturated heterocycles. The average molecular weight is 328 g/mol. The van der Waals surface area contributed by atoms with Crippen LogP contribution in [0.4, 0.5) is 0 Å². The SMILES string of the molecule is CCN(CCC1CC1)C(=O)CC(C)n1cc(Br)cn1. The van der Waals surface area contributed by atoms with Gasteiger partial charge in [0.05, 0.1) is 16.7 Å². The van der Waals surface area contributed by atoms with Crippen molar-refractivity contribution in [3.8, 4) is 0 Å². The number of amides is 1. The van der Waals surface area contributed by atoms with Crippen LogP contribution in [0.3, 0.4) is 0 Å². The fraction of sp³-hybridized carbons (Fsp3) is 0.714. The zero-order valence-electron chi connectivity index (χ0n) is 11.7. The lowest BCUT2D eigenvalue weighted by molar-refractivity contribution is -0.131. The highest BCUT2D eigenvalue weighted by Gasteiger charge is 2.23. The molecule has 19 heavy (non-hydrogen) atoms. The molecule has 1 aromatic heterocycles. The molecule has 5 heteroatoms. The standard InChI is InChI=1S/C14H22BrN3O/c1-3-17(7-6-12-4-5-12)14(19)8-11(2)18-10-13(15)9-16-18/h9-12H,3-8H2,1-2H3. The fourth-order valence-electron chi connectivity index (χ4n) is 2.24. The third-order valence-corrected chi connectivity index (χ3v) is 4.14. The lowest BCUT2D eigenvalue weighted by Gasteiger charge is -2.23. The lowest BCUT2D eigenvalue weighted by Crippen LogP contribution is -2.33. The van der Waals surface area contributed by atoms with Gasteiger partial charge >= 0.3 is 0 Å². The molecular weight excluding hydrogens is 306 g/mol. The second-order valence-corrected chi connectivity index (χ2v) is 6.31. The fourth-order valence-corrected chi connectivity index (χ4v) is 2.54. The van der Waals surface area contributed by atoms with Crippen LogP contribution in [0, 0.1) is 5.92 Å². The molecule has 1 amide bonds. The zero-order valence-corrected chi connectivity index (χ0v) is 13.3. The predicted molar refractivity (Wildman–Crippen MR) is 78.9 cm³/mol. The van der Waals surface area contributed by atoms with Gasteiger partial charge in [-0.15, -0.1) is 0 Å². The molecule has 1 unspecified atom stereocenters. The van der Waals surface area contributed by atoms with Crippen molar-refractivity contribution in [1.29, 1.82) is 0 Å². The van der Waals surface area contributed by atoms with E-state index < -0.39 is 0 Å². The second-order valence-electron chi connectivity index (χ2n) is 5.40. The highest BCUT2D eigenvalue weighted by molar-refractivity contribution is 9.10. The van der Waals surface area contributed by atoms with Gasteiger partial charge in [0.1, 0.15) is 0 Å². The monoisotopic (exact) mass is 327 g/mol. The van der Waals surface area contributed by atoms with Crippen molar-refractivity contribution < 1.29 is 4.79 Å². The molecule has 1 saturated carbocycles. The number of hydrogen-bond donors (Lipinski definition) is 0. The molecule has 106 valence electrons. The van der Waals surface area contributed by atoms with E-state index in [9.17, 15) is 4.79 Å². The van der Waals surface area contributed by atoms with Gasteiger partial charge in [0, 0.05) is 25.7 Å². The van der Waals surface area contributed by atoms with Crippen LogP contribution >= 0.6 is 15.9 Å². The summed E-state index contributed by atoms with van der Waals surface area (Å²) >= 11 is 3.38. The molecule has 1 aliphatic carbocycles. The number of aromatic nitrogens is 2. The molecule has 0 N–H and O–H groups in total. The molecule has 0 bridgehead atoms. The molecular formula is C14H22BrN3O. The van der Waals surface area contributed by atoms with Crippen molar-refractivity contribution >= 4 is 21.8 Å². The third-order valence-electron chi connectivity index (χ3n) is 3.73. The Morgan fingerprint density at radius 1 is 1.63 bits per heavy atom. The molecule has 1 atom stereocenters. The van der Waals surface area contributed by atoms with Gasteiger partial charge in [0.2, 0.25) is 5.91 Å². The molecule has 1 heterocycles. The van der Waals surface area contributed by atoms with E-state index in [-0.39, 0.29) is 11.9 Å². The van der Waals surface area contributed by atoms with Crippen LogP contribution < -0.4 is 0 Å². The number of carbonyl (C=O) groups excluding carboxylic acids is 1. The van der Waals surface area contributed by atoms with E-state index in [0.717, 1.165) is 23.5 Å². The molecule has 1 aliphatic rings. The van der Waals surface area contributed by atoms with E-state index in [1.807, 2.05) is 22.7 Å². The van der Waals surface area contributed by atoms with Gasteiger partial charge in [-0.25, -0.2) is 0 Å². The lowest BCUT2D eigenvalue weighted by atomic mass is 10.2.